The number of amides is 2. The van der Waals surface area contributed by atoms with E-state index in [9.17, 15) is 14.4 Å². The molecule has 3 rings (SSSR count). The minimum atomic E-state index is -0.580. The topological polar surface area (TPSA) is 75.7 Å². The van der Waals surface area contributed by atoms with E-state index in [2.05, 4.69) is 21.2 Å². The summed E-state index contributed by atoms with van der Waals surface area (Å²) in [5, 5.41) is 3.07. The Morgan fingerprint density at radius 3 is 2.69 bits per heavy atom. The van der Waals surface area contributed by atoms with Crippen molar-refractivity contribution in [3.63, 3.8) is 0 Å². The van der Waals surface area contributed by atoms with Gasteiger partial charge >= 0.3 is 5.97 Å². The summed E-state index contributed by atoms with van der Waals surface area (Å²) < 4.78 is 5.84. The zero-order valence-corrected chi connectivity index (χ0v) is 18.1. The number of likely N-dealkylation sites (tertiary alicyclic amines) is 1. The van der Waals surface area contributed by atoms with Crippen molar-refractivity contribution in [1.29, 1.82) is 0 Å². The first-order valence-corrected chi connectivity index (χ1v) is 10.3. The van der Waals surface area contributed by atoms with Crippen molar-refractivity contribution in [1.82, 2.24) is 4.90 Å². The van der Waals surface area contributed by atoms with Gasteiger partial charge in [0, 0.05) is 23.1 Å². The molecule has 0 aliphatic carbocycles. The van der Waals surface area contributed by atoms with Gasteiger partial charge in [-0.2, -0.15) is 0 Å². The molecule has 1 heterocycles. The van der Waals surface area contributed by atoms with Crippen LogP contribution in [0.2, 0.25) is 5.02 Å². The zero-order chi connectivity index (χ0) is 21.0. The van der Waals surface area contributed by atoms with Gasteiger partial charge in [-0.15, -0.1) is 0 Å². The lowest BCUT2D eigenvalue weighted by molar-refractivity contribution is -0.151. The molecular weight excluding hydrogens is 460 g/mol. The normalized spacial score (nSPS) is 17.1. The molecule has 1 fully saturated rings. The first kappa shape index (κ1) is 21.3. The summed E-state index contributed by atoms with van der Waals surface area (Å²) in [6.45, 7) is 1.78. The van der Waals surface area contributed by atoms with E-state index in [0.29, 0.717) is 15.2 Å². The minimum Gasteiger partial charge on any atom is -0.455 e. The summed E-state index contributed by atoms with van der Waals surface area (Å²) in [7, 11) is 0. The summed E-state index contributed by atoms with van der Waals surface area (Å²) >= 11 is 9.26. The van der Waals surface area contributed by atoms with Crippen molar-refractivity contribution in [3.05, 3.63) is 63.6 Å². The van der Waals surface area contributed by atoms with Gasteiger partial charge in [-0.25, -0.2) is 0 Å². The summed E-state index contributed by atoms with van der Waals surface area (Å²) in [5.74, 6) is -1.71. The van der Waals surface area contributed by atoms with Crippen LogP contribution >= 0.6 is 27.5 Å². The quantitative estimate of drug-likeness (QED) is 0.630. The predicted molar refractivity (Wildman–Crippen MR) is 113 cm³/mol. The van der Waals surface area contributed by atoms with Crippen LogP contribution in [0, 0.1) is 5.92 Å². The van der Waals surface area contributed by atoms with E-state index in [4.69, 9.17) is 16.3 Å². The number of nitrogens with one attached hydrogen (secondary N) is 1. The second-order valence-electron chi connectivity index (χ2n) is 6.82. The highest BCUT2D eigenvalue weighted by Gasteiger charge is 2.38. The maximum absolute atomic E-state index is 12.4. The number of benzene rings is 2. The minimum absolute atomic E-state index is 0.0833. The largest absolute Gasteiger partial charge is 0.455 e. The fraction of sp³-hybridized carbons (Fsp3) is 0.286. The van der Waals surface area contributed by atoms with Crippen molar-refractivity contribution < 1.29 is 19.1 Å². The van der Waals surface area contributed by atoms with Gasteiger partial charge in [-0.1, -0.05) is 41.9 Å². The molecule has 0 unspecified atom stereocenters. The average Bonchev–Trinajstić information content (AvgIpc) is 3.11. The molecule has 1 saturated heterocycles. The van der Waals surface area contributed by atoms with Gasteiger partial charge in [-0.3, -0.25) is 14.4 Å². The maximum Gasteiger partial charge on any atom is 0.311 e. The van der Waals surface area contributed by atoms with Crippen LogP contribution in [0.5, 0.6) is 0 Å². The standard InChI is InChI=1S/C21H20BrClN2O4/c1-13(14-5-3-2-4-6-14)25-11-15(9-20(25)27)21(28)29-12-19(26)24-16-7-8-17(22)18(23)10-16/h2-8,10,13,15H,9,11-12H2,1H3,(H,24,26)/t13-,15+/m0/s1. The average molecular weight is 480 g/mol. The molecule has 0 aromatic heterocycles. The van der Waals surface area contributed by atoms with E-state index >= 15 is 0 Å². The highest BCUT2D eigenvalue weighted by atomic mass is 79.9. The predicted octanol–water partition coefficient (Wildman–Crippen LogP) is 4.19. The Morgan fingerprint density at radius 1 is 1.28 bits per heavy atom. The number of nitrogens with zero attached hydrogens (tertiary/aromatic N) is 1. The monoisotopic (exact) mass is 478 g/mol. The molecular formula is C21H20BrClN2O4. The molecule has 29 heavy (non-hydrogen) atoms. The van der Waals surface area contributed by atoms with Gasteiger partial charge in [0.2, 0.25) is 5.91 Å². The van der Waals surface area contributed by atoms with Crippen molar-refractivity contribution in [2.75, 3.05) is 18.5 Å². The first-order valence-electron chi connectivity index (χ1n) is 9.11. The van der Waals surface area contributed by atoms with Crippen molar-refractivity contribution >= 4 is 51.0 Å². The number of hydrogen-bond donors (Lipinski definition) is 1. The van der Waals surface area contributed by atoms with Gasteiger partial charge in [-0.05, 0) is 46.6 Å². The van der Waals surface area contributed by atoms with Crippen LogP contribution in [0.3, 0.4) is 0 Å². The van der Waals surface area contributed by atoms with E-state index in [-0.39, 0.29) is 24.9 Å². The van der Waals surface area contributed by atoms with E-state index in [1.807, 2.05) is 37.3 Å². The summed E-state index contributed by atoms with van der Waals surface area (Å²) in [6.07, 6.45) is 0.0833. The van der Waals surface area contributed by atoms with E-state index < -0.39 is 24.4 Å². The van der Waals surface area contributed by atoms with Gasteiger partial charge < -0.3 is 15.0 Å². The van der Waals surface area contributed by atoms with Gasteiger partial charge in [0.15, 0.2) is 6.61 Å². The summed E-state index contributed by atoms with van der Waals surface area (Å²) in [6, 6.07) is 14.5. The molecule has 6 nitrogen and oxygen atoms in total. The lowest BCUT2D eigenvalue weighted by atomic mass is 10.1. The van der Waals surface area contributed by atoms with Crippen LogP contribution < -0.4 is 5.32 Å². The summed E-state index contributed by atoms with van der Waals surface area (Å²) in [4.78, 5) is 38.4. The van der Waals surface area contributed by atoms with E-state index in [1.165, 1.54) is 0 Å². The van der Waals surface area contributed by atoms with Crippen LogP contribution in [0.15, 0.2) is 53.0 Å². The third-order valence-electron chi connectivity index (χ3n) is 4.79. The highest BCUT2D eigenvalue weighted by Crippen LogP contribution is 2.29. The Morgan fingerprint density at radius 2 is 2.00 bits per heavy atom. The van der Waals surface area contributed by atoms with Crippen LogP contribution in [-0.4, -0.2) is 35.8 Å². The molecule has 0 spiro atoms. The number of halogens is 2. The van der Waals surface area contributed by atoms with Crippen LogP contribution in [0.1, 0.15) is 24.9 Å². The van der Waals surface area contributed by atoms with Gasteiger partial charge in [0.05, 0.1) is 17.0 Å². The molecule has 2 amide bonds. The van der Waals surface area contributed by atoms with Gasteiger partial charge in [0.1, 0.15) is 0 Å². The molecule has 0 bridgehead atoms. The number of hydrogen-bond acceptors (Lipinski definition) is 4. The molecule has 2 aromatic rings. The van der Waals surface area contributed by atoms with Crippen LogP contribution in [0.4, 0.5) is 5.69 Å². The van der Waals surface area contributed by atoms with Gasteiger partial charge in [0.25, 0.3) is 5.91 Å². The molecule has 0 saturated carbocycles. The first-order chi connectivity index (χ1) is 13.8. The fourth-order valence-corrected chi connectivity index (χ4v) is 3.63. The lowest BCUT2D eigenvalue weighted by Gasteiger charge is -2.25. The third kappa shape index (κ3) is 5.36. The van der Waals surface area contributed by atoms with E-state index in [1.54, 1.807) is 23.1 Å². The second kappa shape index (κ2) is 9.41. The highest BCUT2D eigenvalue weighted by molar-refractivity contribution is 9.10. The maximum atomic E-state index is 12.4. The number of anilines is 1. The smallest absolute Gasteiger partial charge is 0.311 e. The summed E-state index contributed by atoms with van der Waals surface area (Å²) in [5.41, 5.74) is 1.50. The van der Waals surface area contributed by atoms with Crippen molar-refractivity contribution in [2.45, 2.75) is 19.4 Å². The number of rotatable bonds is 6. The van der Waals surface area contributed by atoms with Crippen molar-refractivity contribution in [3.8, 4) is 0 Å². The number of carbonyl (C=O) groups is 3. The number of carbonyl (C=O) groups excluding carboxylic acids is 3. The molecule has 1 N–H and O–H groups in total. The third-order valence-corrected chi connectivity index (χ3v) is 6.02. The Bertz CT molecular complexity index is 922. The molecule has 8 heteroatoms. The number of esters is 1. The van der Waals surface area contributed by atoms with Crippen molar-refractivity contribution in [2.24, 2.45) is 5.92 Å². The fourth-order valence-electron chi connectivity index (χ4n) is 3.20. The molecule has 1 aliphatic heterocycles. The molecule has 2 aromatic carbocycles. The Balaban J connectivity index is 1.51. The Labute approximate surface area is 182 Å². The molecule has 1 aliphatic rings. The molecule has 0 radical (unpaired) electrons. The number of ether oxygens (including phenoxy) is 1. The van der Waals surface area contributed by atoms with Crippen LogP contribution in [0.25, 0.3) is 0 Å². The van der Waals surface area contributed by atoms with E-state index in [0.717, 1.165) is 5.56 Å². The lowest BCUT2D eigenvalue weighted by Crippen LogP contribution is -2.30. The SMILES string of the molecule is C[C@@H](c1ccccc1)N1C[C@H](C(=O)OCC(=O)Nc2ccc(Br)c(Cl)c2)CC1=O. The van der Waals surface area contributed by atoms with Crippen LogP contribution in [-0.2, 0) is 19.1 Å². The molecule has 2 atom stereocenters. The second-order valence-corrected chi connectivity index (χ2v) is 8.08. The molecule has 152 valence electrons. The Kier molecular flexibility index (Phi) is 6.92. The zero-order valence-electron chi connectivity index (χ0n) is 15.7. The Hall–Kier alpha value is -2.38.